The van der Waals surface area contributed by atoms with E-state index in [9.17, 15) is 14.7 Å². The van der Waals surface area contributed by atoms with E-state index in [4.69, 9.17) is 9.84 Å². The molecule has 5 aromatic heterocycles. The topological polar surface area (TPSA) is 166 Å². The maximum atomic E-state index is 11.7. The van der Waals surface area contributed by atoms with Crippen LogP contribution in [0.5, 0.6) is 17.2 Å². The molecular formula is C40H33N7O5. The molecule has 258 valence electrons. The molecule has 0 unspecified atom stereocenters. The molecular weight excluding hydrogens is 658 g/mol. The Morgan fingerprint density at radius 3 is 2.27 bits per heavy atom. The van der Waals surface area contributed by atoms with Crippen LogP contribution < -0.4 is 4.74 Å². The number of aldehydes is 2. The first-order valence-corrected chi connectivity index (χ1v) is 16.2. The highest BCUT2D eigenvalue weighted by molar-refractivity contribution is 5.99. The van der Waals surface area contributed by atoms with E-state index in [0.717, 1.165) is 39.5 Å². The first kappa shape index (κ1) is 34.8. The van der Waals surface area contributed by atoms with Crippen molar-refractivity contribution in [3.63, 3.8) is 0 Å². The third kappa shape index (κ3) is 7.71. The number of rotatable bonds is 7. The number of phenols is 2. The van der Waals surface area contributed by atoms with Crippen molar-refractivity contribution in [2.75, 3.05) is 0 Å². The zero-order valence-electron chi connectivity index (χ0n) is 28.2. The highest BCUT2D eigenvalue weighted by Gasteiger charge is 2.16. The summed E-state index contributed by atoms with van der Waals surface area (Å²) in [4.78, 5) is 43.4. The number of hydrogen-bond acceptors (Lipinski definition) is 11. The highest BCUT2D eigenvalue weighted by atomic mass is 16.5. The van der Waals surface area contributed by atoms with Crippen LogP contribution in [0.25, 0.3) is 44.1 Å². The van der Waals surface area contributed by atoms with Crippen molar-refractivity contribution in [3.8, 4) is 28.6 Å². The van der Waals surface area contributed by atoms with Gasteiger partial charge in [-0.1, -0.05) is 18.2 Å². The van der Waals surface area contributed by atoms with Gasteiger partial charge in [0, 0.05) is 58.7 Å². The number of phenolic OH excluding ortho intramolecular Hbond substituents is 2. The monoisotopic (exact) mass is 691 g/mol. The minimum absolute atomic E-state index is 0.00417. The first-order valence-electron chi connectivity index (χ1n) is 16.2. The average Bonchev–Trinajstić information content (AvgIpc) is 3.68. The Bertz CT molecular complexity index is 2500. The van der Waals surface area contributed by atoms with E-state index in [0.29, 0.717) is 39.6 Å². The number of ether oxygens (including phenoxy) is 1. The molecule has 8 aromatic rings. The van der Waals surface area contributed by atoms with Gasteiger partial charge in [-0.05, 0) is 80.6 Å². The fraction of sp³-hybridized carbons (Fsp3) is 0.100. The summed E-state index contributed by atoms with van der Waals surface area (Å²) < 4.78 is 7.89. The van der Waals surface area contributed by atoms with Crippen molar-refractivity contribution in [1.29, 1.82) is 0 Å². The maximum absolute atomic E-state index is 11.7. The summed E-state index contributed by atoms with van der Waals surface area (Å²) in [7, 11) is 0. The fourth-order valence-corrected chi connectivity index (χ4v) is 5.50. The van der Waals surface area contributed by atoms with Gasteiger partial charge in [-0.2, -0.15) is 5.10 Å². The SMILES string of the molecule is CC(C)n1nccc1-c1ncncc1COc1ccc2cccnc2c1C=O.O=Cc1c(O)ccc2ncccc12.Oc1ccc2ncccc2c1. The van der Waals surface area contributed by atoms with Gasteiger partial charge in [0.15, 0.2) is 12.6 Å². The molecule has 3 aromatic carbocycles. The van der Waals surface area contributed by atoms with E-state index in [2.05, 4.69) is 43.9 Å². The average molecular weight is 692 g/mol. The van der Waals surface area contributed by atoms with Gasteiger partial charge in [0.25, 0.3) is 0 Å². The number of benzene rings is 3. The molecule has 0 aliphatic heterocycles. The molecule has 0 aliphatic rings. The molecule has 0 bridgehead atoms. The molecule has 12 heteroatoms. The van der Waals surface area contributed by atoms with Crippen LogP contribution in [0.4, 0.5) is 0 Å². The number of hydrogen-bond donors (Lipinski definition) is 2. The van der Waals surface area contributed by atoms with E-state index in [1.165, 1.54) is 12.4 Å². The summed E-state index contributed by atoms with van der Waals surface area (Å²) in [5.41, 5.74) is 5.43. The number of carbonyl (C=O) groups excluding carboxylic acids is 2. The largest absolute Gasteiger partial charge is 0.508 e. The molecule has 0 atom stereocenters. The number of aromatic hydroxyl groups is 2. The van der Waals surface area contributed by atoms with Gasteiger partial charge in [-0.25, -0.2) is 9.97 Å². The lowest BCUT2D eigenvalue weighted by molar-refractivity contribution is 0.111. The second-order valence-corrected chi connectivity index (χ2v) is 11.7. The highest BCUT2D eigenvalue weighted by Crippen LogP contribution is 2.28. The molecule has 0 spiro atoms. The Morgan fingerprint density at radius 1 is 0.750 bits per heavy atom. The zero-order chi connectivity index (χ0) is 36.5. The van der Waals surface area contributed by atoms with Gasteiger partial charge in [0.1, 0.15) is 30.2 Å². The molecule has 0 saturated carbocycles. The van der Waals surface area contributed by atoms with E-state index in [-0.39, 0.29) is 24.1 Å². The molecule has 2 N–H and O–H groups in total. The summed E-state index contributed by atoms with van der Waals surface area (Å²) in [6, 6.07) is 25.1. The van der Waals surface area contributed by atoms with Crippen molar-refractivity contribution in [2.24, 2.45) is 0 Å². The summed E-state index contributed by atoms with van der Waals surface area (Å²) in [6.45, 7) is 4.34. The second kappa shape index (κ2) is 16.1. The van der Waals surface area contributed by atoms with Gasteiger partial charge in [-0.15, -0.1) is 0 Å². The van der Waals surface area contributed by atoms with Crippen molar-refractivity contribution in [2.45, 2.75) is 26.5 Å². The summed E-state index contributed by atoms with van der Waals surface area (Å²) in [6.07, 6.45) is 11.4. The Morgan fingerprint density at radius 2 is 1.48 bits per heavy atom. The maximum Gasteiger partial charge on any atom is 0.155 e. The Kier molecular flexibility index (Phi) is 10.8. The summed E-state index contributed by atoms with van der Waals surface area (Å²) in [5.74, 6) is 0.759. The molecule has 8 rings (SSSR count). The molecule has 0 fully saturated rings. The van der Waals surface area contributed by atoms with E-state index in [1.807, 2.05) is 41.1 Å². The van der Waals surface area contributed by atoms with Gasteiger partial charge in [0.2, 0.25) is 0 Å². The number of carbonyl (C=O) groups is 2. The van der Waals surface area contributed by atoms with Crippen LogP contribution in [-0.4, -0.2) is 57.5 Å². The molecule has 0 saturated heterocycles. The molecule has 52 heavy (non-hydrogen) atoms. The summed E-state index contributed by atoms with van der Waals surface area (Å²) >= 11 is 0. The lowest BCUT2D eigenvalue weighted by atomic mass is 10.1. The molecule has 0 aliphatic carbocycles. The third-order valence-electron chi connectivity index (χ3n) is 7.97. The van der Waals surface area contributed by atoms with Gasteiger partial charge >= 0.3 is 0 Å². The number of aromatic nitrogens is 7. The van der Waals surface area contributed by atoms with Gasteiger partial charge < -0.3 is 14.9 Å². The normalized spacial score (nSPS) is 10.7. The molecule has 0 amide bonds. The van der Waals surface area contributed by atoms with Gasteiger partial charge in [-0.3, -0.25) is 29.2 Å². The number of pyridine rings is 3. The predicted molar refractivity (Wildman–Crippen MR) is 197 cm³/mol. The zero-order valence-corrected chi connectivity index (χ0v) is 28.2. The lowest BCUT2D eigenvalue weighted by Gasteiger charge is -2.14. The molecule has 5 heterocycles. The standard InChI is InChI=1S/C21H19N5O2.C10H7NO2.C9H7NO/c1-14(2)26-18(7-9-25-26)21-16(10-22-13-24-21)12-28-19-6-5-15-4-3-8-23-20(15)17(19)11-27;12-6-8-7-2-1-5-11-9(7)3-4-10(8)13;11-8-3-4-9-7(6-8)2-1-5-10-9/h3-11,13-14H,12H2,1-2H3;1-6,13H;1-6,11H. The Labute approximate surface area is 298 Å². The van der Waals surface area contributed by atoms with Crippen molar-refractivity contribution in [1.82, 2.24) is 34.7 Å². The lowest BCUT2D eigenvalue weighted by Crippen LogP contribution is -2.08. The van der Waals surface area contributed by atoms with Crippen LogP contribution in [0.3, 0.4) is 0 Å². The Hall–Kier alpha value is -7.08. The molecule has 12 nitrogen and oxygen atoms in total. The minimum atomic E-state index is -0.00417. The van der Waals surface area contributed by atoms with Crippen molar-refractivity contribution in [3.05, 3.63) is 139 Å². The predicted octanol–water partition coefficient (Wildman–Crippen LogP) is 7.55. The van der Waals surface area contributed by atoms with Gasteiger partial charge in [0.05, 0.1) is 39.1 Å². The van der Waals surface area contributed by atoms with E-state index in [1.54, 1.807) is 73.4 Å². The van der Waals surface area contributed by atoms with E-state index >= 15 is 0 Å². The second-order valence-electron chi connectivity index (χ2n) is 11.7. The van der Waals surface area contributed by atoms with Crippen LogP contribution >= 0.6 is 0 Å². The molecule has 0 radical (unpaired) electrons. The fourth-order valence-electron chi connectivity index (χ4n) is 5.50. The van der Waals surface area contributed by atoms with E-state index < -0.39 is 0 Å². The van der Waals surface area contributed by atoms with Crippen LogP contribution in [0, 0.1) is 0 Å². The van der Waals surface area contributed by atoms with Crippen LogP contribution in [0.15, 0.2) is 122 Å². The first-order chi connectivity index (χ1) is 25.4. The number of fused-ring (bicyclic) bond motifs is 3. The van der Waals surface area contributed by atoms with Crippen LogP contribution in [-0.2, 0) is 6.61 Å². The smallest absolute Gasteiger partial charge is 0.155 e. The number of nitrogens with zero attached hydrogens (tertiary/aromatic N) is 7. The van der Waals surface area contributed by atoms with Crippen molar-refractivity contribution >= 4 is 45.3 Å². The van der Waals surface area contributed by atoms with Crippen LogP contribution in [0.1, 0.15) is 46.2 Å². The minimum Gasteiger partial charge on any atom is -0.508 e. The van der Waals surface area contributed by atoms with Crippen molar-refractivity contribution < 1.29 is 24.5 Å². The quantitative estimate of drug-likeness (QED) is 0.158. The third-order valence-corrected chi connectivity index (χ3v) is 7.97. The Balaban J connectivity index is 0.000000158. The summed E-state index contributed by atoms with van der Waals surface area (Å²) in [5, 5.41) is 25.4. The van der Waals surface area contributed by atoms with Crippen LogP contribution in [0.2, 0.25) is 0 Å².